The fraction of sp³-hybridized carbons (Fsp3) is 0.0964. The molecule has 0 radical (unpaired) electrons. The number of para-hydroxylation sites is 3. The molecule has 17 rings (SSSR count). The molecule has 3 aromatic heterocycles. The number of hydrogen-bond donors (Lipinski definition) is 0. The third kappa shape index (κ3) is 8.18. The first kappa shape index (κ1) is 54.6. The van der Waals surface area contributed by atoms with Crippen molar-refractivity contribution >= 4 is 113 Å². The van der Waals surface area contributed by atoms with Crippen molar-refractivity contribution in [3.63, 3.8) is 0 Å². The Morgan fingerprint density at radius 1 is 0.341 bits per heavy atom. The van der Waals surface area contributed by atoms with E-state index >= 15 is 0 Å². The molecule has 1 fully saturated rings. The summed E-state index contributed by atoms with van der Waals surface area (Å²) in [6, 6.07) is 117. The Balaban J connectivity index is 0.938. The highest BCUT2D eigenvalue weighted by molar-refractivity contribution is 7.20. The van der Waals surface area contributed by atoms with Gasteiger partial charge in [0, 0.05) is 43.9 Å². The van der Waals surface area contributed by atoms with Gasteiger partial charge in [0.25, 0.3) is 0 Å². The second-order valence-corrected chi connectivity index (χ2v) is 32.9. The molecule has 15 aromatic rings. The summed E-state index contributed by atoms with van der Waals surface area (Å²) in [6.07, 6.45) is 4.40. The summed E-state index contributed by atoms with van der Waals surface area (Å²) in [5, 5.41) is 15.2. The predicted octanol–water partition coefficient (Wildman–Crippen LogP) is 14.2. The molecule has 1 aliphatic heterocycles. The van der Waals surface area contributed by atoms with E-state index in [1.165, 1.54) is 69.9 Å². The van der Waals surface area contributed by atoms with Crippen molar-refractivity contribution in [2.75, 3.05) is 4.90 Å². The summed E-state index contributed by atoms with van der Waals surface area (Å²) in [4.78, 5) is 20.0. The SMILES string of the molecule is CC12CCCCC1(C)N(c1nc(-c3cccc([Si](c4ccccc4)(c4ccccc4)c4ccccc4)c3)nc(-n3c4ccccc4c4c3ccc3c5ccccc5n(-c5cccc([Si](c6ccccc6)(c6ccccc6)c6ccccc6)c5)c34)n1)c1ccccc12. The number of nitrogens with zero attached hydrogens (tertiary/aromatic N) is 6. The van der Waals surface area contributed by atoms with Crippen LogP contribution in [0.3, 0.4) is 0 Å². The summed E-state index contributed by atoms with van der Waals surface area (Å²) in [7, 11) is -5.88. The van der Waals surface area contributed by atoms with Gasteiger partial charge in [0.1, 0.15) is 0 Å². The van der Waals surface area contributed by atoms with Crippen molar-refractivity contribution < 1.29 is 0 Å². The zero-order chi connectivity index (χ0) is 60.7. The van der Waals surface area contributed by atoms with E-state index in [4.69, 9.17) is 15.0 Å². The normalized spacial score (nSPS) is 16.6. The van der Waals surface area contributed by atoms with Gasteiger partial charge in [-0.05, 0) is 103 Å². The monoisotopic (exact) mass is 1200 g/mol. The van der Waals surface area contributed by atoms with Crippen LogP contribution in [0.5, 0.6) is 0 Å². The zero-order valence-corrected chi connectivity index (χ0v) is 53.0. The summed E-state index contributed by atoms with van der Waals surface area (Å²) in [5.41, 5.74) is 8.47. The molecule has 1 saturated carbocycles. The van der Waals surface area contributed by atoms with Crippen LogP contribution in [-0.2, 0) is 5.41 Å². The standard InChI is InChI=1S/C83H66N6Si2/c1-82-55-27-28-56-83(82,2)89(75-52-26-23-49-72(75)82)81-85-79(59-31-29-45-67(57-59)90(61-33-9-3-10-34-61,62-35-11-4-12-36-62)63-37-13-5-14-38-63)84-80(86-81)88-74-51-25-22-48-71(74)77-76(88)54-53-70-69-47-21-24-50-73(69)87(78(70)77)60-32-30-46-68(58-60)91(64-39-15-6-16-40-64,65-41-17-7-18-42-65)66-43-19-8-20-44-66/h3-26,29-54,57-58H,27-28,55-56H2,1-2H3. The van der Waals surface area contributed by atoms with Gasteiger partial charge in [0.15, 0.2) is 22.0 Å². The van der Waals surface area contributed by atoms with E-state index in [1.807, 2.05) is 0 Å². The molecule has 1 aliphatic carbocycles. The number of aromatic nitrogens is 5. The van der Waals surface area contributed by atoms with E-state index in [2.05, 4.69) is 343 Å². The molecule has 2 aliphatic rings. The van der Waals surface area contributed by atoms with E-state index in [1.54, 1.807) is 0 Å². The van der Waals surface area contributed by atoms with E-state index < -0.39 is 16.1 Å². The smallest absolute Gasteiger partial charge is 0.240 e. The maximum absolute atomic E-state index is 5.87. The number of hydrogen-bond acceptors (Lipinski definition) is 4. The molecule has 0 bridgehead atoms. The van der Waals surface area contributed by atoms with Crippen LogP contribution in [0.25, 0.3) is 66.6 Å². The van der Waals surface area contributed by atoms with Crippen LogP contribution in [-0.4, -0.2) is 45.8 Å². The first-order valence-corrected chi connectivity index (χ1v) is 36.1. The van der Waals surface area contributed by atoms with Crippen molar-refractivity contribution in [3.05, 3.63) is 321 Å². The Morgan fingerprint density at radius 2 is 0.791 bits per heavy atom. The van der Waals surface area contributed by atoms with Gasteiger partial charge in [-0.25, -0.2) is 0 Å². The largest absolute Gasteiger partial charge is 0.309 e. The number of benzene rings is 12. The highest BCUT2D eigenvalue weighted by Crippen LogP contribution is 2.60. The lowest BCUT2D eigenvalue weighted by molar-refractivity contribution is 0.193. The molecule has 8 heteroatoms. The molecule has 12 aromatic carbocycles. The van der Waals surface area contributed by atoms with Gasteiger partial charge in [-0.3, -0.25) is 4.57 Å². The molecule has 91 heavy (non-hydrogen) atoms. The molecule has 0 amide bonds. The van der Waals surface area contributed by atoms with E-state index in [9.17, 15) is 0 Å². The molecule has 2 atom stereocenters. The number of anilines is 2. The van der Waals surface area contributed by atoms with Gasteiger partial charge < -0.3 is 9.47 Å². The molecular weight excluding hydrogens is 1140 g/mol. The van der Waals surface area contributed by atoms with Gasteiger partial charge in [-0.15, -0.1) is 0 Å². The van der Waals surface area contributed by atoms with E-state index in [0.29, 0.717) is 17.7 Å². The Morgan fingerprint density at radius 3 is 1.36 bits per heavy atom. The van der Waals surface area contributed by atoms with Crippen LogP contribution in [0.2, 0.25) is 0 Å². The maximum Gasteiger partial charge on any atom is 0.240 e. The summed E-state index contributed by atoms with van der Waals surface area (Å²) < 4.78 is 4.87. The van der Waals surface area contributed by atoms with Crippen LogP contribution in [0.15, 0.2) is 315 Å². The topological polar surface area (TPSA) is 51.8 Å². The molecule has 0 saturated heterocycles. The quantitative estimate of drug-likeness (QED) is 0.0904. The summed E-state index contributed by atoms with van der Waals surface area (Å²) in [5.74, 6) is 1.86. The molecule has 4 heterocycles. The van der Waals surface area contributed by atoms with Gasteiger partial charge in [-0.1, -0.05) is 299 Å². The lowest BCUT2D eigenvalue weighted by Crippen LogP contribution is -2.74. The van der Waals surface area contributed by atoms with Crippen molar-refractivity contribution in [2.24, 2.45) is 0 Å². The third-order valence-electron chi connectivity index (χ3n) is 20.8. The van der Waals surface area contributed by atoms with Crippen molar-refractivity contribution in [1.82, 2.24) is 24.1 Å². The Bertz CT molecular complexity index is 5040. The minimum atomic E-state index is -2.96. The molecule has 436 valence electrons. The zero-order valence-electron chi connectivity index (χ0n) is 51.0. The molecule has 0 spiro atoms. The maximum atomic E-state index is 5.87. The van der Waals surface area contributed by atoms with Gasteiger partial charge in [0.2, 0.25) is 11.9 Å². The fourth-order valence-electron chi connectivity index (χ4n) is 16.6. The Hall–Kier alpha value is -10.5. The highest BCUT2D eigenvalue weighted by Gasteiger charge is 2.58. The van der Waals surface area contributed by atoms with Crippen LogP contribution >= 0.6 is 0 Å². The van der Waals surface area contributed by atoms with Gasteiger partial charge in [-0.2, -0.15) is 15.0 Å². The van der Waals surface area contributed by atoms with Crippen molar-refractivity contribution in [1.29, 1.82) is 0 Å². The lowest BCUT2D eigenvalue weighted by atomic mass is 9.61. The molecule has 2 unspecified atom stereocenters. The first-order valence-electron chi connectivity index (χ1n) is 32.1. The second-order valence-electron chi connectivity index (χ2n) is 25.3. The Kier molecular flexibility index (Phi) is 13.0. The van der Waals surface area contributed by atoms with Crippen LogP contribution in [0.1, 0.15) is 45.1 Å². The van der Waals surface area contributed by atoms with Gasteiger partial charge >= 0.3 is 0 Å². The van der Waals surface area contributed by atoms with Crippen molar-refractivity contribution in [3.8, 4) is 23.0 Å². The highest BCUT2D eigenvalue weighted by atomic mass is 28.3. The van der Waals surface area contributed by atoms with Crippen molar-refractivity contribution in [2.45, 2.75) is 50.5 Å². The summed E-state index contributed by atoms with van der Waals surface area (Å²) in [6.45, 7) is 4.95. The lowest BCUT2D eigenvalue weighted by Gasteiger charge is -2.49. The van der Waals surface area contributed by atoms with Crippen LogP contribution in [0.4, 0.5) is 11.6 Å². The number of rotatable bonds is 12. The van der Waals surface area contributed by atoms with E-state index in [-0.39, 0.29) is 11.0 Å². The molecular formula is C83H66N6Si2. The second kappa shape index (κ2) is 21.6. The summed E-state index contributed by atoms with van der Waals surface area (Å²) >= 11 is 0. The fourth-order valence-corrected chi connectivity index (χ4v) is 26.2. The van der Waals surface area contributed by atoms with Gasteiger partial charge in [0.05, 0.1) is 27.6 Å². The Labute approximate surface area is 533 Å². The third-order valence-corrected chi connectivity index (χ3v) is 30.4. The average molecular weight is 1200 g/mol. The molecule has 6 nitrogen and oxygen atoms in total. The minimum Gasteiger partial charge on any atom is -0.309 e. The first-order chi connectivity index (χ1) is 44.9. The van der Waals surface area contributed by atoms with Crippen LogP contribution in [0, 0.1) is 0 Å². The van der Waals surface area contributed by atoms with E-state index in [0.717, 1.165) is 63.4 Å². The molecule has 0 N–H and O–H groups in total. The number of fused-ring (bicyclic) bond motifs is 10. The average Bonchev–Trinajstić information content (AvgIpc) is 1.62. The predicted molar refractivity (Wildman–Crippen MR) is 384 cm³/mol. The minimum absolute atomic E-state index is 0.129. The van der Waals surface area contributed by atoms with Crippen LogP contribution < -0.4 is 46.4 Å².